The Morgan fingerprint density at radius 1 is 0.273 bits per heavy atom. The Kier molecular flexibility index (Phi) is 60.8. The van der Waals surface area contributed by atoms with Crippen LogP contribution in [-0.4, -0.2) is 37.2 Å². The van der Waals surface area contributed by atoms with Gasteiger partial charge in [0, 0.05) is 19.3 Å². The zero-order chi connectivity index (χ0) is 55.7. The Bertz CT molecular complexity index is 1600. The monoisotopic (exact) mass is 1070 g/mol. The number of ether oxygens (including phenoxy) is 3. The molecule has 1 atom stereocenters. The molecule has 0 aromatic heterocycles. The highest BCUT2D eigenvalue weighted by molar-refractivity contribution is 5.71. The predicted molar refractivity (Wildman–Crippen MR) is 334 cm³/mol. The number of esters is 3. The molecule has 0 aliphatic heterocycles. The van der Waals surface area contributed by atoms with Gasteiger partial charge in [0.15, 0.2) is 6.10 Å². The number of rotatable bonds is 57. The van der Waals surface area contributed by atoms with Gasteiger partial charge >= 0.3 is 17.9 Å². The van der Waals surface area contributed by atoms with Crippen molar-refractivity contribution in [2.75, 3.05) is 13.2 Å². The molecule has 0 aromatic rings. The fourth-order valence-corrected chi connectivity index (χ4v) is 8.62. The van der Waals surface area contributed by atoms with E-state index >= 15 is 0 Å². The van der Waals surface area contributed by atoms with Crippen molar-refractivity contribution in [3.05, 3.63) is 122 Å². The van der Waals surface area contributed by atoms with Crippen molar-refractivity contribution in [3.8, 4) is 0 Å². The second-order valence-electron chi connectivity index (χ2n) is 20.9. The van der Waals surface area contributed by atoms with E-state index in [1.165, 1.54) is 109 Å². The first kappa shape index (κ1) is 72.8. The van der Waals surface area contributed by atoms with Crippen molar-refractivity contribution in [1.82, 2.24) is 0 Å². The van der Waals surface area contributed by atoms with Gasteiger partial charge < -0.3 is 14.2 Å². The Hall–Kier alpha value is -4.19. The minimum Gasteiger partial charge on any atom is -0.462 e. The van der Waals surface area contributed by atoms with Gasteiger partial charge in [0.05, 0.1) is 0 Å². The molecule has 438 valence electrons. The van der Waals surface area contributed by atoms with Gasteiger partial charge in [-0.1, -0.05) is 258 Å². The normalized spacial score (nSPS) is 12.9. The fraction of sp³-hybridized carbons (Fsp3) is 0.676. The molecule has 0 spiro atoms. The molecule has 1 unspecified atom stereocenters. The zero-order valence-electron chi connectivity index (χ0n) is 50.2. The van der Waals surface area contributed by atoms with Crippen LogP contribution in [0.2, 0.25) is 0 Å². The average molecular weight is 1070 g/mol. The second-order valence-corrected chi connectivity index (χ2v) is 20.9. The van der Waals surface area contributed by atoms with Gasteiger partial charge in [0.1, 0.15) is 13.2 Å². The van der Waals surface area contributed by atoms with E-state index in [1.807, 2.05) is 0 Å². The first-order valence-corrected chi connectivity index (χ1v) is 32.0. The Morgan fingerprint density at radius 2 is 0.506 bits per heavy atom. The van der Waals surface area contributed by atoms with E-state index in [9.17, 15) is 14.4 Å². The lowest BCUT2D eigenvalue weighted by atomic mass is 10.1. The highest BCUT2D eigenvalue weighted by Crippen LogP contribution is 2.15. The summed E-state index contributed by atoms with van der Waals surface area (Å²) in [4.78, 5) is 38.4. The van der Waals surface area contributed by atoms with Crippen molar-refractivity contribution in [2.24, 2.45) is 0 Å². The molecule has 0 saturated carbocycles. The molecule has 0 saturated heterocycles. The summed E-state index contributed by atoms with van der Waals surface area (Å²) < 4.78 is 16.9. The third-order valence-electron chi connectivity index (χ3n) is 13.4. The minimum absolute atomic E-state index is 0.0943. The first-order chi connectivity index (χ1) is 38.0. The molecule has 0 rings (SSSR count). The third kappa shape index (κ3) is 62.5. The van der Waals surface area contributed by atoms with Gasteiger partial charge in [-0.25, -0.2) is 0 Å². The van der Waals surface area contributed by atoms with Crippen LogP contribution >= 0.6 is 0 Å². The summed E-state index contributed by atoms with van der Waals surface area (Å²) in [6.45, 7) is 6.46. The summed E-state index contributed by atoms with van der Waals surface area (Å²) in [6, 6.07) is 0. The average Bonchev–Trinajstić information content (AvgIpc) is 3.43. The van der Waals surface area contributed by atoms with Gasteiger partial charge in [0.25, 0.3) is 0 Å². The van der Waals surface area contributed by atoms with Gasteiger partial charge in [-0.3, -0.25) is 14.4 Å². The number of carbonyl (C=O) groups excluding carboxylic acids is 3. The molecule has 0 radical (unpaired) electrons. The Balaban J connectivity index is 4.47. The van der Waals surface area contributed by atoms with Gasteiger partial charge in [-0.15, -0.1) is 0 Å². The molecule has 0 amide bonds. The summed E-state index contributed by atoms with van der Waals surface area (Å²) in [7, 11) is 0. The Morgan fingerprint density at radius 3 is 0.792 bits per heavy atom. The van der Waals surface area contributed by atoms with E-state index in [0.29, 0.717) is 19.3 Å². The van der Waals surface area contributed by atoms with Crippen LogP contribution in [0.1, 0.15) is 290 Å². The van der Waals surface area contributed by atoms with Crippen LogP contribution in [0.3, 0.4) is 0 Å². The highest BCUT2D eigenvalue weighted by atomic mass is 16.6. The lowest BCUT2D eigenvalue weighted by molar-refractivity contribution is -0.167. The number of hydrogen-bond acceptors (Lipinski definition) is 6. The topological polar surface area (TPSA) is 78.9 Å². The number of hydrogen-bond donors (Lipinski definition) is 0. The number of allylic oxidation sites excluding steroid dienone is 20. The van der Waals surface area contributed by atoms with E-state index in [-0.39, 0.29) is 31.1 Å². The first-order valence-electron chi connectivity index (χ1n) is 32.0. The molecule has 0 fully saturated rings. The summed E-state index contributed by atoms with van der Waals surface area (Å²) in [5.74, 6) is -0.925. The summed E-state index contributed by atoms with van der Waals surface area (Å²) >= 11 is 0. The predicted octanol–water partition coefficient (Wildman–Crippen LogP) is 22.0. The van der Waals surface area contributed by atoms with Crippen LogP contribution < -0.4 is 0 Å². The van der Waals surface area contributed by atoms with E-state index in [1.54, 1.807) is 0 Å². The molecular weight excluding hydrogens is 949 g/mol. The molecule has 77 heavy (non-hydrogen) atoms. The zero-order valence-corrected chi connectivity index (χ0v) is 50.2. The van der Waals surface area contributed by atoms with E-state index in [4.69, 9.17) is 14.2 Å². The van der Waals surface area contributed by atoms with Crippen LogP contribution in [0.5, 0.6) is 0 Å². The molecule has 0 bridgehead atoms. The maximum atomic E-state index is 12.9. The molecule has 0 aliphatic carbocycles. The summed E-state index contributed by atoms with van der Waals surface area (Å²) in [5, 5.41) is 0. The molecule has 0 aliphatic rings. The van der Waals surface area contributed by atoms with Crippen molar-refractivity contribution in [3.63, 3.8) is 0 Å². The molecule has 6 heteroatoms. The van der Waals surface area contributed by atoms with Crippen molar-refractivity contribution in [1.29, 1.82) is 0 Å². The van der Waals surface area contributed by atoms with E-state index in [2.05, 4.69) is 142 Å². The fourth-order valence-electron chi connectivity index (χ4n) is 8.62. The van der Waals surface area contributed by atoms with Crippen LogP contribution in [0.15, 0.2) is 122 Å². The SMILES string of the molecule is CC/C=C\C/C=C\C/C=C\C/C=C\C/C=C\CCCCCCCC(=O)OCC(COC(=O)CCCCCCCCCCC/C=C\C/C=C\CCCCC)OC(=O)CCCCCCCC/C=C\C/C=C\C/C=C\CCCCC. The van der Waals surface area contributed by atoms with Crippen LogP contribution in [-0.2, 0) is 28.6 Å². The maximum Gasteiger partial charge on any atom is 0.306 e. The van der Waals surface area contributed by atoms with Crippen LogP contribution in [0.25, 0.3) is 0 Å². The maximum absolute atomic E-state index is 12.9. The standard InChI is InChI=1S/C71H118O6/c1-4-7-10-13-16-19-22-25-28-31-34-35-38-40-43-46-49-52-55-58-61-64-70(73)76-67-68(77-71(74)65-62-59-56-53-50-47-44-41-37-33-30-27-24-21-18-15-12-9-6-3)66-75-69(72)63-60-57-54-51-48-45-42-39-36-32-29-26-23-20-17-14-11-8-5-2/h7,10,16-21,25-30,34-35,37,40-41,43,68H,4-6,8-9,11-15,22-24,31-33,36,38-39,42,44-67H2,1-3H3/b10-7-,19-16-,20-17-,21-18-,28-25-,29-26-,30-27-,35-34-,41-37-,43-40-. The summed E-state index contributed by atoms with van der Waals surface area (Å²) in [5.41, 5.74) is 0. The molecule has 0 aromatic carbocycles. The lowest BCUT2D eigenvalue weighted by Gasteiger charge is -2.18. The number of unbranched alkanes of at least 4 members (excludes halogenated alkanes) is 26. The van der Waals surface area contributed by atoms with Gasteiger partial charge in [-0.2, -0.15) is 0 Å². The number of carbonyl (C=O) groups is 3. The van der Waals surface area contributed by atoms with Crippen LogP contribution in [0.4, 0.5) is 0 Å². The van der Waals surface area contributed by atoms with Crippen LogP contribution in [0, 0.1) is 0 Å². The lowest BCUT2D eigenvalue weighted by Crippen LogP contribution is -2.30. The molecule has 0 heterocycles. The molecular formula is C71H118O6. The van der Waals surface area contributed by atoms with Gasteiger partial charge in [-0.05, 0) is 135 Å². The Labute approximate surface area is 475 Å². The van der Waals surface area contributed by atoms with E-state index < -0.39 is 6.10 Å². The van der Waals surface area contributed by atoms with Crippen molar-refractivity contribution < 1.29 is 28.6 Å². The minimum atomic E-state index is -0.801. The van der Waals surface area contributed by atoms with E-state index in [0.717, 1.165) is 141 Å². The van der Waals surface area contributed by atoms with Crippen molar-refractivity contribution in [2.45, 2.75) is 297 Å². The smallest absolute Gasteiger partial charge is 0.306 e. The second kappa shape index (κ2) is 64.3. The van der Waals surface area contributed by atoms with Crippen molar-refractivity contribution >= 4 is 17.9 Å². The third-order valence-corrected chi connectivity index (χ3v) is 13.4. The summed E-state index contributed by atoms with van der Waals surface area (Å²) in [6.07, 6.45) is 89.0. The highest BCUT2D eigenvalue weighted by Gasteiger charge is 2.19. The molecule has 0 N–H and O–H groups in total. The molecule has 6 nitrogen and oxygen atoms in total. The largest absolute Gasteiger partial charge is 0.462 e. The quantitative estimate of drug-likeness (QED) is 0.0261. The van der Waals surface area contributed by atoms with Gasteiger partial charge in [0.2, 0.25) is 0 Å².